The minimum Gasteiger partial charge on any atom is -0.390 e. The van der Waals surface area contributed by atoms with Crippen LogP contribution in [-0.4, -0.2) is 42.9 Å². The van der Waals surface area contributed by atoms with Gasteiger partial charge in [-0.1, -0.05) is 6.92 Å². The molecule has 6 nitrogen and oxygen atoms in total. The third-order valence-corrected chi connectivity index (χ3v) is 10.2. The van der Waals surface area contributed by atoms with Crippen molar-refractivity contribution in [2.75, 3.05) is 0 Å². The van der Waals surface area contributed by atoms with Gasteiger partial charge in [0.15, 0.2) is 11.6 Å². The molecule has 4 saturated carbocycles. The Balaban J connectivity index is 1.41. The zero-order valence-electron chi connectivity index (χ0n) is 19.7. The first kappa shape index (κ1) is 23.2. The van der Waals surface area contributed by atoms with Gasteiger partial charge in [-0.15, -0.1) is 10.2 Å². The summed E-state index contributed by atoms with van der Waals surface area (Å²) in [6.07, 6.45) is 0.206. The maximum absolute atomic E-state index is 14.8. The highest BCUT2D eigenvalue weighted by molar-refractivity contribution is 5.82. The molecule has 0 radical (unpaired) electrons. The van der Waals surface area contributed by atoms with Crippen molar-refractivity contribution in [3.8, 4) is 0 Å². The molecule has 1 aromatic heterocycles. The molecule has 4 aliphatic rings. The lowest BCUT2D eigenvalue weighted by Gasteiger charge is -2.62. The maximum Gasteiger partial charge on any atom is 0.395 e. The van der Waals surface area contributed by atoms with Crippen molar-refractivity contribution < 1.29 is 23.1 Å². The van der Waals surface area contributed by atoms with Crippen molar-refractivity contribution in [2.45, 2.75) is 96.9 Å². The minimum atomic E-state index is -4.27. The van der Waals surface area contributed by atoms with Crippen molar-refractivity contribution in [1.29, 1.82) is 0 Å². The number of carbonyl (C=O) groups excluding carboxylic acids is 1. The normalized spacial score (nSPS) is 45.2. The summed E-state index contributed by atoms with van der Waals surface area (Å²) in [5.41, 5.74) is -2.97. The number of fused-ring (bicyclic) bond motifs is 5. The Morgan fingerprint density at radius 3 is 2.52 bits per heavy atom. The Kier molecular flexibility index (Phi) is 5.28. The number of halogens is 3. The van der Waals surface area contributed by atoms with Gasteiger partial charge in [0.05, 0.1) is 11.0 Å². The number of nitrogens with zero attached hydrogens (tertiary/aromatic N) is 4. The fraction of sp³-hybridized carbons (Fsp3) is 0.917. The average Bonchev–Trinajstić information content (AvgIpc) is 3.28. The van der Waals surface area contributed by atoms with Crippen molar-refractivity contribution >= 4 is 5.78 Å². The van der Waals surface area contributed by atoms with Gasteiger partial charge in [0.1, 0.15) is 6.54 Å². The second-order valence-electron chi connectivity index (χ2n) is 11.9. The van der Waals surface area contributed by atoms with Gasteiger partial charge in [-0.25, -0.2) is 0 Å². The molecule has 184 valence electrons. The smallest absolute Gasteiger partial charge is 0.390 e. The Morgan fingerprint density at radius 1 is 1.09 bits per heavy atom. The monoisotopic (exact) mass is 468 g/mol. The standard InChI is InChI=1S/C24H35F3N4O2/c1-14-28-30-31(29-14)13-20(32)19-7-6-17-16-5-4-15-12-21(2,33)10-11-23(15,24(25,26)27)18(16)8-9-22(17,19)3/h15-19,33H,4-13H2,1-3H3/t15-,16-,17-,18-,19+,21+,22-,23+/m0/s1. The second kappa shape index (κ2) is 7.49. The molecular formula is C24H35F3N4O2. The Hall–Kier alpha value is -1.51. The summed E-state index contributed by atoms with van der Waals surface area (Å²) in [6.45, 7) is 5.63. The van der Waals surface area contributed by atoms with Crippen molar-refractivity contribution in [3.05, 3.63) is 5.82 Å². The lowest BCUT2D eigenvalue weighted by atomic mass is 9.43. The predicted molar refractivity (Wildman–Crippen MR) is 114 cm³/mol. The first-order valence-electron chi connectivity index (χ1n) is 12.4. The quantitative estimate of drug-likeness (QED) is 0.706. The summed E-state index contributed by atoms with van der Waals surface area (Å²) in [5, 5.41) is 22.5. The number of aromatic nitrogens is 4. The van der Waals surface area contributed by atoms with E-state index in [4.69, 9.17) is 0 Å². The van der Waals surface area contributed by atoms with Crippen LogP contribution in [-0.2, 0) is 11.3 Å². The van der Waals surface area contributed by atoms with E-state index in [1.54, 1.807) is 13.8 Å². The lowest BCUT2D eigenvalue weighted by molar-refractivity contribution is -0.310. The highest BCUT2D eigenvalue weighted by Gasteiger charge is 2.71. The number of tetrazole rings is 1. The van der Waals surface area contributed by atoms with Gasteiger partial charge in [-0.2, -0.15) is 18.0 Å². The molecule has 33 heavy (non-hydrogen) atoms. The van der Waals surface area contributed by atoms with Crippen LogP contribution in [0.4, 0.5) is 13.2 Å². The SMILES string of the molecule is Cc1nnn(CC(=O)[C@H]2CC[C@H]3[C@@H]4CC[C@H]5C[C@](C)(O)CC[C@]5(C(F)(F)F)[C@H]4CC[C@]23C)n1. The van der Waals surface area contributed by atoms with Crippen LogP contribution in [0.25, 0.3) is 0 Å². The van der Waals surface area contributed by atoms with Gasteiger partial charge >= 0.3 is 6.18 Å². The molecule has 0 aromatic carbocycles. The molecule has 0 unspecified atom stereocenters. The highest BCUT2D eigenvalue weighted by Crippen LogP contribution is 2.71. The fourth-order valence-electron chi connectivity index (χ4n) is 8.82. The van der Waals surface area contributed by atoms with Crippen LogP contribution >= 0.6 is 0 Å². The number of hydrogen-bond donors (Lipinski definition) is 1. The summed E-state index contributed by atoms with van der Waals surface area (Å²) in [7, 11) is 0. The molecule has 0 aliphatic heterocycles. The van der Waals surface area contributed by atoms with Crippen LogP contribution in [0.1, 0.15) is 77.5 Å². The molecule has 0 bridgehead atoms. The number of hydrogen-bond acceptors (Lipinski definition) is 5. The van der Waals surface area contributed by atoms with E-state index < -0.39 is 29.0 Å². The molecule has 1 N–H and O–H groups in total. The molecule has 0 spiro atoms. The van der Waals surface area contributed by atoms with Crippen LogP contribution < -0.4 is 0 Å². The summed E-state index contributed by atoms with van der Waals surface area (Å²) in [5.74, 6) is -0.358. The highest BCUT2D eigenvalue weighted by atomic mass is 19.4. The molecule has 4 fully saturated rings. The molecule has 0 amide bonds. The first-order chi connectivity index (χ1) is 15.4. The largest absolute Gasteiger partial charge is 0.395 e. The summed E-state index contributed by atoms with van der Waals surface area (Å²) < 4.78 is 44.5. The van der Waals surface area contributed by atoms with Gasteiger partial charge in [-0.3, -0.25) is 4.79 Å². The number of Topliss-reactive ketones (excluding diaryl/α,β-unsaturated/α-hetero) is 1. The molecule has 5 rings (SSSR count). The molecule has 4 aliphatic carbocycles. The van der Waals surface area contributed by atoms with E-state index in [9.17, 15) is 23.1 Å². The van der Waals surface area contributed by atoms with E-state index in [0.717, 1.165) is 19.3 Å². The Bertz CT molecular complexity index is 931. The number of rotatable bonds is 3. The third kappa shape index (κ3) is 3.47. The van der Waals surface area contributed by atoms with Crippen molar-refractivity contribution in [2.24, 2.45) is 40.4 Å². The fourth-order valence-corrected chi connectivity index (χ4v) is 8.82. The number of aliphatic hydroxyl groups is 1. The summed E-state index contributed by atoms with van der Waals surface area (Å²) in [4.78, 5) is 14.6. The van der Waals surface area contributed by atoms with E-state index in [1.165, 1.54) is 4.80 Å². The van der Waals surface area contributed by atoms with E-state index in [2.05, 4.69) is 22.3 Å². The maximum atomic E-state index is 14.8. The molecule has 9 heteroatoms. The number of ketones is 1. The van der Waals surface area contributed by atoms with Crippen LogP contribution in [0.2, 0.25) is 0 Å². The summed E-state index contributed by atoms with van der Waals surface area (Å²) >= 11 is 0. The first-order valence-corrected chi connectivity index (χ1v) is 12.4. The van der Waals surface area contributed by atoms with Crippen LogP contribution in [0, 0.1) is 47.3 Å². The Labute approximate surface area is 192 Å². The Morgan fingerprint density at radius 2 is 1.85 bits per heavy atom. The predicted octanol–water partition coefficient (Wildman–Crippen LogP) is 4.50. The van der Waals surface area contributed by atoms with E-state index in [1.807, 2.05) is 0 Å². The summed E-state index contributed by atoms with van der Waals surface area (Å²) in [6, 6.07) is 0. The molecule has 0 saturated heterocycles. The minimum absolute atomic E-state index is 0.00536. The zero-order chi connectivity index (χ0) is 23.8. The number of carbonyl (C=O) groups is 1. The van der Waals surface area contributed by atoms with Gasteiger partial charge in [-0.05, 0) is 106 Å². The lowest BCUT2D eigenvalue weighted by Crippen LogP contribution is -2.62. The van der Waals surface area contributed by atoms with E-state index >= 15 is 0 Å². The molecule has 1 aromatic rings. The van der Waals surface area contributed by atoms with Gasteiger partial charge < -0.3 is 5.11 Å². The molecule has 8 atom stereocenters. The molecule has 1 heterocycles. The van der Waals surface area contributed by atoms with Gasteiger partial charge in [0.25, 0.3) is 0 Å². The van der Waals surface area contributed by atoms with Crippen molar-refractivity contribution in [1.82, 2.24) is 20.2 Å². The van der Waals surface area contributed by atoms with Crippen molar-refractivity contribution in [3.63, 3.8) is 0 Å². The van der Waals surface area contributed by atoms with Crippen LogP contribution in [0.15, 0.2) is 0 Å². The molecular weight excluding hydrogens is 433 g/mol. The number of aryl methyl sites for hydroxylation is 1. The van der Waals surface area contributed by atoms with E-state index in [-0.39, 0.29) is 54.8 Å². The zero-order valence-corrected chi connectivity index (χ0v) is 19.7. The van der Waals surface area contributed by atoms with E-state index in [0.29, 0.717) is 25.1 Å². The topological polar surface area (TPSA) is 80.9 Å². The average molecular weight is 469 g/mol. The third-order valence-electron chi connectivity index (χ3n) is 10.2. The van der Waals surface area contributed by atoms with Gasteiger partial charge in [0.2, 0.25) is 0 Å². The van der Waals surface area contributed by atoms with Crippen LogP contribution in [0.3, 0.4) is 0 Å². The van der Waals surface area contributed by atoms with Crippen LogP contribution in [0.5, 0.6) is 0 Å². The van der Waals surface area contributed by atoms with Gasteiger partial charge in [0, 0.05) is 5.92 Å². The second-order valence-corrected chi connectivity index (χ2v) is 11.9. The number of alkyl halides is 3.